The molecule has 0 fully saturated rings. The molecular formula is C16H17N5O2S. The Morgan fingerprint density at radius 3 is 2.33 bits per heavy atom. The Bertz CT molecular complexity index is 904. The molecule has 0 aliphatic rings. The number of nitrogens with zero attached hydrogens (tertiary/aromatic N) is 3. The van der Waals surface area contributed by atoms with Gasteiger partial charge in [-0.05, 0) is 48.9 Å². The van der Waals surface area contributed by atoms with Crippen molar-refractivity contribution in [2.75, 3.05) is 5.73 Å². The van der Waals surface area contributed by atoms with Crippen molar-refractivity contribution < 1.29 is 8.42 Å². The van der Waals surface area contributed by atoms with E-state index in [1.165, 1.54) is 12.1 Å². The predicted molar refractivity (Wildman–Crippen MR) is 90.9 cm³/mol. The fraction of sp³-hybridized carbons (Fsp3) is 0.125. The maximum Gasteiger partial charge on any atom is 0.241 e. The molecule has 3 rings (SSSR count). The molecule has 0 unspecified atom stereocenters. The molecule has 3 aromatic rings. The van der Waals surface area contributed by atoms with Gasteiger partial charge < -0.3 is 5.73 Å². The lowest BCUT2D eigenvalue weighted by Gasteiger charge is -2.15. The van der Waals surface area contributed by atoms with Crippen LogP contribution in [-0.2, 0) is 10.0 Å². The van der Waals surface area contributed by atoms with Gasteiger partial charge in [0.2, 0.25) is 10.0 Å². The van der Waals surface area contributed by atoms with Crippen LogP contribution in [0.3, 0.4) is 0 Å². The average Bonchev–Trinajstić information content (AvgIpc) is 3.09. The first-order chi connectivity index (χ1) is 11.5. The number of hydrogen-bond donors (Lipinski definition) is 2. The Morgan fingerprint density at radius 1 is 1.08 bits per heavy atom. The zero-order valence-electron chi connectivity index (χ0n) is 13.0. The van der Waals surface area contributed by atoms with Crippen molar-refractivity contribution in [2.45, 2.75) is 17.9 Å². The molecule has 8 heteroatoms. The second kappa shape index (κ2) is 6.42. The number of nitrogens with one attached hydrogen (secondary N) is 1. The summed E-state index contributed by atoms with van der Waals surface area (Å²) in [5, 5.41) is 7.67. The third-order valence-corrected chi connectivity index (χ3v) is 5.16. The lowest BCUT2D eigenvalue weighted by atomic mass is 10.1. The third kappa shape index (κ3) is 3.44. The Labute approximate surface area is 140 Å². The fourth-order valence-electron chi connectivity index (χ4n) is 2.28. The summed E-state index contributed by atoms with van der Waals surface area (Å²) in [6, 6.07) is 13.1. The summed E-state index contributed by atoms with van der Waals surface area (Å²) in [7, 11) is -3.61. The number of anilines is 1. The van der Waals surface area contributed by atoms with Gasteiger partial charge in [-0.3, -0.25) is 0 Å². The Kier molecular flexibility index (Phi) is 4.32. The molecule has 0 radical (unpaired) electrons. The molecule has 0 saturated carbocycles. The fourth-order valence-corrected chi connectivity index (χ4v) is 3.51. The van der Waals surface area contributed by atoms with Crippen LogP contribution in [0.5, 0.6) is 0 Å². The summed E-state index contributed by atoms with van der Waals surface area (Å²) in [5.41, 5.74) is 7.81. The van der Waals surface area contributed by atoms with E-state index in [2.05, 4.69) is 15.0 Å². The Hall–Kier alpha value is -2.71. The van der Waals surface area contributed by atoms with Crippen molar-refractivity contribution in [1.29, 1.82) is 0 Å². The van der Waals surface area contributed by atoms with E-state index in [0.29, 0.717) is 5.69 Å². The minimum atomic E-state index is -3.61. The zero-order valence-corrected chi connectivity index (χ0v) is 13.8. The van der Waals surface area contributed by atoms with E-state index in [4.69, 9.17) is 5.73 Å². The lowest BCUT2D eigenvalue weighted by molar-refractivity contribution is 0.567. The molecule has 0 aliphatic heterocycles. The Morgan fingerprint density at radius 2 is 1.75 bits per heavy atom. The van der Waals surface area contributed by atoms with Crippen molar-refractivity contribution in [3.63, 3.8) is 0 Å². The van der Waals surface area contributed by atoms with Crippen molar-refractivity contribution >= 4 is 15.7 Å². The van der Waals surface area contributed by atoms with Crippen LogP contribution in [0.15, 0.2) is 65.8 Å². The molecule has 24 heavy (non-hydrogen) atoms. The summed E-state index contributed by atoms with van der Waals surface area (Å²) in [4.78, 5) is 0.183. The summed E-state index contributed by atoms with van der Waals surface area (Å²) < 4.78 is 29.1. The molecule has 2 aromatic carbocycles. The SMILES string of the molecule is C[C@@H](NS(=O)(=O)c1ccc(N)cc1)c1ccc(-n2ccnn2)cc1. The molecule has 124 valence electrons. The summed E-state index contributed by atoms with van der Waals surface area (Å²) in [6.07, 6.45) is 3.33. The second-order valence-corrected chi connectivity index (χ2v) is 7.07. The van der Waals surface area contributed by atoms with E-state index in [-0.39, 0.29) is 10.9 Å². The van der Waals surface area contributed by atoms with Gasteiger partial charge in [0.15, 0.2) is 0 Å². The van der Waals surface area contributed by atoms with Crippen molar-refractivity contribution in [1.82, 2.24) is 19.7 Å². The molecule has 0 amide bonds. The van der Waals surface area contributed by atoms with Crippen molar-refractivity contribution in [3.05, 3.63) is 66.5 Å². The number of hydrogen-bond acceptors (Lipinski definition) is 5. The summed E-state index contributed by atoms with van der Waals surface area (Å²) in [5.74, 6) is 0. The van der Waals surface area contributed by atoms with Crippen LogP contribution in [-0.4, -0.2) is 23.4 Å². The largest absolute Gasteiger partial charge is 0.399 e. The maximum absolute atomic E-state index is 12.4. The maximum atomic E-state index is 12.4. The molecule has 1 aromatic heterocycles. The van der Waals surface area contributed by atoms with Crippen LogP contribution < -0.4 is 10.5 Å². The van der Waals surface area contributed by atoms with Gasteiger partial charge in [0.1, 0.15) is 0 Å². The van der Waals surface area contributed by atoms with Crippen LogP contribution in [0, 0.1) is 0 Å². The minimum Gasteiger partial charge on any atom is -0.399 e. The summed E-state index contributed by atoms with van der Waals surface area (Å²) in [6.45, 7) is 1.79. The molecule has 7 nitrogen and oxygen atoms in total. The highest BCUT2D eigenvalue weighted by atomic mass is 32.2. The van der Waals surface area contributed by atoms with Crippen LogP contribution in [0.25, 0.3) is 5.69 Å². The number of aromatic nitrogens is 3. The Balaban J connectivity index is 1.76. The monoisotopic (exact) mass is 343 g/mol. The highest BCUT2D eigenvalue weighted by Gasteiger charge is 2.18. The smallest absolute Gasteiger partial charge is 0.241 e. The van der Waals surface area contributed by atoms with E-state index in [1.807, 2.05) is 24.3 Å². The van der Waals surface area contributed by atoms with Crippen LogP contribution in [0.2, 0.25) is 0 Å². The minimum absolute atomic E-state index is 0.183. The van der Waals surface area contributed by atoms with Gasteiger partial charge >= 0.3 is 0 Å². The van der Waals surface area contributed by atoms with Gasteiger partial charge in [0.25, 0.3) is 0 Å². The molecule has 0 saturated heterocycles. The van der Waals surface area contributed by atoms with E-state index >= 15 is 0 Å². The van der Waals surface area contributed by atoms with E-state index < -0.39 is 10.0 Å². The average molecular weight is 343 g/mol. The molecule has 0 spiro atoms. The van der Waals surface area contributed by atoms with Gasteiger partial charge in [-0.2, -0.15) is 0 Å². The van der Waals surface area contributed by atoms with Gasteiger partial charge in [-0.1, -0.05) is 17.3 Å². The molecule has 0 bridgehead atoms. The number of nitrogens with two attached hydrogens (primary N) is 1. The van der Waals surface area contributed by atoms with E-state index in [9.17, 15) is 8.42 Å². The first kappa shape index (κ1) is 16.2. The van der Waals surface area contributed by atoms with Crippen LogP contribution in [0.1, 0.15) is 18.5 Å². The number of rotatable bonds is 5. The first-order valence-corrected chi connectivity index (χ1v) is 8.78. The van der Waals surface area contributed by atoms with Crippen molar-refractivity contribution in [3.8, 4) is 5.69 Å². The number of sulfonamides is 1. The van der Waals surface area contributed by atoms with Crippen molar-refractivity contribution in [2.24, 2.45) is 0 Å². The normalized spacial score (nSPS) is 12.9. The first-order valence-electron chi connectivity index (χ1n) is 7.30. The lowest BCUT2D eigenvalue weighted by Crippen LogP contribution is -2.26. The van der Waals surface area contributed by atoms with E-state index in [0.717, 1.165) is 11.3 Å². The molecule has 0 aliphatic carbocycles. The summed E-state index contributed by atoms with van der Waals surface area (Å²) >= 11 is 0. The van der Waals surface area contributed by atoms with Crippen LogP contribution in [0.4, 0.5) is 5.69 Å². The number of nitrogen functional groups attached to an aromatic ring is 1. The molecule has 1 heterocycles. The number of benzene rings is 2. The topological polar surface area (TPSA) is 103 Å². The van der Waals surface area contributed by atoms with Gasteiger partial charge in [0, 0.05) is 11.7 Å². The zero-order chi connectivity index (χ0) is 17.2. The highest BCUT2D eigenvalue weighted by Crippen LogP contribution is 2.19. The van der Waals surface area contributed by atoms with E-state index in [1.54, 1.807) is 36.1 Å². The van der Waals surface area contributed by atoms with Gasteiger partial charge in [-0.15, -0.1) is 5.10 Å². The molecule has 1 atom stereocenters. The molecular weight excluding hydrogens is 326 g/mol. The van der Waals surface area contributed by atoms with Gasteiger partial charge in [0.05, 0.1) is 23.0 Å². The second-order valence-electron chi connectivity index (χ2n) is 5.35. The molecule has 3 N–H and O–H groups in total. The standard InChI is InChI=1S/C16H17N5O2S/c1-12(19-24(22,23)16-8-4-14(17)5-9-16)13-2-6-15(7-3-13)21-11-10-18-20-21/h2-12,19H,17H2,1H3/t12-/m1/s1. The highest BCUT2D eigenvalue weighted by molar-refractivity contribution is 7.89. The van der Waals surface area contributed by atoms with Gasteiger partial charge in [-0.25, -0.2) is 17.8 Å². The quantitative estimate of drug-likeness (QED) is 0.689. The van der Waals surface area contributed by atoms with Crippen LogP contribution >= 0.6 is 0 Å². The predicted octanol–water partition coefficient (Wildman–Crippen LogP) is 1.89. The third-order valence-electron chi connectivity index (χ3n) is 3.60.